The third-order valence-electron chi connectivity index (χ3n) is 4.85. The SMILES string of the molecule is CCN1CC(OC)C1.O=CCC(=O)c1cc2c(o1)C(=O)c1ccccc1C2=O. The quantitative estimate of drug-likeness (QED) is 0.379. The molecule has 0 atom stereocenters. The summed E-state index contributed by atoms with van der Waals surface area (Å²) >= 11 is 0. The Hall–Kier alpha value is -2.90. The molecule has 1 aromatic heterocycles. The first-order valence-electron chi connectivity index (χ1n) is 9.04. The first-order valence-corrected chi connectivity index (χ1v) is 9.04. The van der Waals surface area contributed by atoms with E-state index in [0.717, 1.165) is 13.1 Å². The minimum Gasteiger partial charge on any atom is -0.449 e. The summed E-state index contributed by atoms with van der Waals surface area (Å²) < 4.78 is 10.3. The van der Waals surface area contributed by atoms with Gasteiger partial charge in [-0.1, -0.05) is 31.2 Å². The van der Waals surface area contributed by atoms with Crippen molar-refractivity contribution in [2.45, 2.75) is 19.4 Å². The number of likely N-dealkylation sites (tertiary alicyclic amines) is 1. The zero-order valence-electron chi connectivity index (χ0n) is 15.8. The normalized spacial score (nSPS) is 15.8. The first-order chi connectivity index (χ1) is 13.5. The Bertz CT molecular complexity index is 862. The minimum absolute atomic E-state index is 0.0722. The molecule has 7 nitrogen and oxygen atoms in total. The second-order valence-electron chi connectivity index (χ2n) is 6.56. The highest BCUT2D eigenvalue weighted by Crippen LogP contribution is 2.29. The maximum atomic E-state index is 12.3. The van der Waals surface area contributed by atoms with E-state index in [1.165, 1.54) is 18.7 Å². The van der Waals surface area contributed by atoms with Gasteiger partial charge in [0, 0.05) is 31.3 Å². The van der Waals surface area contributed by atoms with E-state index in [4.69, 9.17) is 9.15 Å². The molecule has 146 valence electrons. The number of methoxy groups -OCH3 is 1. The topological polar surface area (TPSA) is 93.9 Å². The highest BCUT2D eigenvalue weighted by molar-refractivity contribution is 6.27. The van der Waals surface area contributed by atoms with Crippen molar-refractivity contribution in [3.8, 4) is 0 Å². The Labute approximate surface area is 162 Å². The number of hydrogen-bond donors (Lipinski definition) is 0. The van der Waals surface area contributed by atoms with E-state index >= 15 is 0 Å². The summed E-state index contributed by atoms with van der Waals surface area (Å²) in [4.78, 5) is 48.8. The van der Waals surface area contributed by atoms with Crippen molar-refractivity contribution in [3.05, 3.63) is 58.5 Å². The van der Waals surface area contributed by atoms with Crippen molar-refractivity contribution in [3.63, 3.8) is 0 Å². The third kappa shape index (κ3) is 3.72. The molecular formula is C21H21NO6. The number of nitrogens with zero attached hydrogens (tertiary/aromatic N) is 1. The number of rotatable bonds is 5. The largest absolute Gasteiger partial charge is 0.449 e. The maximum absolute atomic E-state index is 12.3. The maximum Gasteiger partial charge on any atom is 0.229 e. The molecule has 4 rings (SSSR count). The summed E-state index contributed by atoms with van der Waals surface area (Å²) in [6.07, 6.45) is 0.624. The van der Waals surface area contributed by atoms with Gasteiger partial charge < -0.3 is 13.9 Å². The van der Waals surface area contributed by atoms with E-state index in [1.807, 2.05) is 0 Å². The van der Waals surface area contributed by atoms with Crippen LogP contribution in [0.5, 0.6) is 0 Å². The summed E-state index contributed by atoms with van der Waals surface area (Å²) in [5.74, 6) is -1.62. The molecule has 1 saturated heterocycles. The fraction of sp³-hybridized carbons (Fsp3) is 0.333. The van der Waals surface area contributed by atoms with Crippen LogP contribution in [0.4, 0.5) is 0 Å². The van der Waals surface area contributed by atoms with Crippen LogP contribution in [0.2, 0.25) is 0 Å². The highest BCUT2D eigenvalue weighted by atomic mass is 16.5. The molecule has 1 aromatic carbocycles. The molecule has 0 N–H and O–H groups in total. The number of carbonyl (C=O) groups is 4. The monoisotopic (exact) mass is 383 g/mol. The number of furan rings is 1. The van der Waals surface area contributed by atoms with Crippen molar-refractivity contribution in [2.75, 3.05) is 26.7 Å². The van der Waals surface area contributed by atoms with Crippen LogP contribution in [0.1, 0.15) is 55.9 Å². The molecule has 0 bridgehead atoms. The van der Waals surface area contributed by atoms with Crippen LogP contribution in [0, 0.1) is 0 Å². The van der Waals surface area contributed by atoms with Crippen LogP contribution < -0.4 is 0 Å². The van der Waals surface area contributed by atoms with Gasteiger partial charge >= 0.3 is 0 Å². The lowest BCUT2D eigenvalue weighted by molar-refractivity contribution is -0.107. The zero-order chi connectivity index (χ0) is 20.3. The van der Waals surface area contributed by atoms with E-state index in [0.29, 0.717) is 18.0 Å². The number of Topliss-reactive ketones (excluding diaryl/α,β-unsaturated/α-hetero) is 1. The van der Waals surface area contributed by atoms with E-state index in [9.17, 15) is 19.2 Å². The molecular weight excluding hydrogens is 362 g/mol. The molecule has 2 heterocycles. The van der Waals surface area contributed by atoms with Crippen molar-refractivity contribution in [1.29, 1.82) is 0 Å². The molecule has 0 spiro atoms. The van der Waals surface area contributed by atoms with Gasteiger partial charge in [0.1, 0.15) is 6.29 Å². The van der Waals surface area contributed by atoms with Crippen molar-refractivity contribution in [1.82, 2.24) is 4.90 Å². The van der Waals surface area contributed by atoms with Gasteiger partial charge in [-0.3, -0.25) is 19.3 Å². The molecule has 1 aliphatic heterocycles. The standard InChI is InChI=1S/C15H8O5.C6H13NO/c16-6-5-11(17)12-7-10-13(18)8-3-1-2-4-9(8)14(19)15(10)20-12;1-3-7-4-6(5-7)8-2/h1-4,6-7H,5H2;6H,3-5H2,1-2H3. The fourth-order valence-electron chi connectivity index (χ4n) is 3.12. The Balaban J connectivity index is 0.000000236. The number of carbonyl (C=O) groups excluding carboxylic acids is 4. The predicted molar refractivity (Wildman–Crippen MR) is 99.9 cm³/mol. The van der Waals surface area contributed by atoms with Gasteiger partial charge in [0.05, 0.1) is 18.1 Å². The Morgan fingerprint density at radius 2 is 1.82 bits per heavy atom. The van der Waals surface area contributed by atoms with E-state index in [1.54, 1.807) is 25.3 Å². The fourth-order valence-corrected chi connectivity index (χ4v) is 3.12. The number of aldehydes is 1. The van der Waals surface area contributed by atoms with Gasteiger partial charge in [-0.25, -0.2) is 0 Å². The Morgan fingerprint density at radius 3 is 2.39 bits per heavy atom. The second kappa shape index (κ2) is 8.41. The minimum atomic E-state index is -0.556. The van der Waals surface area contributed by atoms with Gasteiger partial charge in [0.15, 0.2) is 17.3 Å². The van der Waals surface area contributed by atoms with Gasteiger partial charge in [-0.2, -0.15) is 0 Å². The molecule has 2 aromatic rings. The summed E-state index contributed by atoms with van der Waals surface area (Å²) in [6.45, 7) is 5.60. The summed E-state index contributed by atoms with van der Waals surface area (Å²) in [5, 5.41) is 0. The van der Waals surface area contributed by atoms with Gasteiger partial charge in [0.2, 0.25) is 11.6 Å². The number of fused-ring (bicyclic) bond motifs is 2. The summed E-state index contributed by atoms with van der Waals surface area (Å²) in [5.41, 5.74) is 0.622. The lowest BCUT2D eigenvalue weighted by Gasteiger charge is -2.37. The smallest absolute Gasteiger partial charge is 0.229 e. The molecule has 0 amide bonds. The Morgan fingerprint density at radius 1 is 1.18 bits per heavy atom. The number of ketones is 3. The van der Waals surface area contributed by atoms with Crippen molar-refractivity contribution in [2.24, 2.45) is 0 Å². The summed E-state index contributed by atoms with van der Waals surface area (Å²) in [7, 11) is 1.78. The van der Waals surface area contributed by atoms with Crippen LogP contribution in [0.15, 0.2) is 34.7 Å². The number of hydrogen-bond acceptors (Lipinski definition) is 7. The number of benzene rings is 1. The molecule has 0 saturated carbocycles. The summed E-state index contributed by atoms with van der Waals surface area (Å²) in [6, 6.07) is 7.63. The van der Waals surface area contributed by atoms with Gasteiger partial charge in [-0.05, 0) is 12.6 Å². The molecule has 0 unspecified atom stereocenters. The van der Waals surface area contributed by atoms with Crippen LogP contribution in [-0.2, 0) is 9.53 Å². The van der Waals surface area contributed by atoms with E-state index in [2.05, 4.69) is 11.8 Å². The second-order valence-corrected chi connectivity index (χ2v) is 6.56. The average Bonchev–Trinajstić information content (AvgIpc) is 3.13. The van der Waals surface area contributed by atoms with Crippen LogP contribution in [0.3, 0.4) is 0 Å². The van der Waals surface area contributed by atoms with Crippen LogP contribution in [-0.4, -0.2) is 61.4 Å². The predicted octanol–water partition coefficient (Wildman–Crippen LogP) is 2.16. The number of likely N-dealkylation sites (N-methyl/N-ethyl adjacent to an activating group) is 1. The lowest BCUT2D eigenvalue weighted by Crippen LogP contribution is -2.51. The third-order valence-corrected chi connectivity index (χ3v) is 4.85. The molecule has 0 radical (unpaired) electrons. The molecule has 1 fully saturated rings. The van der Waals surface area contributed by atoms with Crippen LogP contribution in [0.25, 0.3) is 0 Å². The van der Waals surface area contributed by atoms with Crippen LogP contribution >= 0.6 is 0 Å². The van der Waals surface area contributed by atoms with Gasteiger partial charge in [-0.15, -0.1) is 0 Å². The molecule has 1 aliphatic carbocycles. The molecule has 7 heteroatoms. The molecule has 2 aliphatic rings. The zero-order valence-corrected chi connectivity index (χ0v) is 15.8. The Kier molecular flexibility index (Phi) is 5.96. The van der Waals surface area contributed by atoms with Gasteiger partial charge in [0.25, 0.3) is 0 Å². The first kappa shape index (κ1) is 19.9. The number of ether oxygens (including phenoxy) is 1. The van der Waals surface area contributed by atoms with E-state index in [-0.39, 0.29) is 34.9 Å². The lowest BCUT2D eigenvalue weighted by atomic mass is 9.88. The highest BCUT2D eigenvalue weighted by Gasteiger charge is 2.34. The van der Waals surface area contributed by atoms with Crippen molar-refractivity contribution < 1.29 is 28.3 Å². The average molecular weight is 383 g/mol. The molecule has 28 heavy (non-hydrogen) atoms. The van der Waals surface area contributed by atoms with E-state index < -0.39 is 11.6 Å². The van der Waals surface area contributed by atoms with Crippen molar-refractivity contribution >= 4 is 23.6 Å².